The summed E-state index contributed by atoms with van der Waals surface area (Å²) in [5.41, 5.74) is 1.29. The molecule has 0 saturated carbocycles. The SMILES string of the molecule is Cl.O=C(NCCc1cccc(F)c1)c1ccn(C2CCCNC2)n1. The first-order chi connectivity index (χ1) is 11.2. The van der Waals surface area contributed by atoms with E-state index in [0.29, 0.717) is 24.7 Å². The summed E-state index contributed by atoms with van der Waals surface area (Å²) in [4.78, 5) is 12.1. The molecule has 0 spiro atoms. The summed E-state index contributed by atoms with van der Waals surface area (Å²) in [7, 11) is 0. The second-order valence-electron chi connectivity index (χ2n) is 5.82. The highest BCUT2D eigenvalue weighted by Gasteiger charge is 2.17. The van der Waals surface area contributed by atoms with Crippen molar-refractivity contribution in [2.24, 2.45) is 0 Å². The Hall–Kier alpha value is -1.92. The van der Waals surface area contributed by atoms with Gasteiger partial charge in [0.15, 0.2) is 0 Å². The van der Waals surface area contributed by atoms with Crippen molar-refractivity contribution in [1.82, 2.24) is 20.4 Å². The predicted octanol–water partition coefficient (Wildman–Crippen LogP) is 2.34. The van der Waals surface area contributed by atoms with Crippen molar-refractivity contribution in [2.75, 3.05) is 19.6 Å². The number of nitrogens with zero attached hydrogens (tertiary/aromatic N) is 2. The van der Waals surface area contributed by atoms with Crippen LogP contribution in [-0.2, 0) is 6.42 Å². The van der Waals surface area contributed by atoms with Crippen LogP contribution < -0.4 is 10.6 Å². The summed E-state index contributed by atoms with van der Waals surface area (Å²) >= 11 is 0. The van der Waals surface area contributed by atoms with Crippen LogP contribution in [0.25, 0.3) is 0 Å². The molecule has 1 saturated heterocycles. The number of rotatable bonds is 5. The Labute approximate surface area is 147 Å². The zero-order chi connectivity index (χ0) is 16.1. The molecule has 1 amide bonds. The Balaban J connectivity index is 0.00000208. The topological polar surface area (TPSA) is 59.0 Å². The van der Waals surface area contributed by atoms with Gasteiger partial charge < -0.3 is 10.6 Å². The molecule has 1 aromatic heterocycles. The number of carbonyl (C=O) groups excluding carboxylic acids is 1. The van der Waals surface area contributed by atoms with Gasteiger partial charge in [0.25, 0.3) is 5.91 Å². The minimum atomic E-state index is -0.256. The van der Waals surface area contributed by atoms with Crippen molar-refractivity contribution < 1.29 is 9.18 Å². The molecular weight excluding hydrogens is 331 g/mol. The van der Waals surface area contributed by atoms with Crippen molar-refractivity contribution >= 4 is 18.3 Å². The van der Waals surface area contributed by atoms with Gasteiger partial charge in [-0.15, -0.1) is 12.4 Å². The van der Waals surface area contributed by atoms with Crippen LogP contribution in [0.3, 0.4) is 0 Å². The lowest BCUT2D eigenvalue weighted by atomic mass is 10.1. The fourth-order valence-corrected chi connectivity index (χ4v) is 2.83. The number of aromatic nitrogens is 2. The van der Waals surface area contributed by atoms with Gasteiger partial charge in [-0.05, 0) is 49.6 Å². The average molecular weight is 353 g/mol. The molecule has 24 heavy (non-hydrogen) atoms. The Morgan fingerprint density at radius 3 is 3.04 bits per heavy atom. The van der Waals surface area contributed by atoms with E-state index < -0.39 is 0 Å². The summed E-state index contributed by atoms with van der Waals surface area (Å²) in [6.07, 6.45) is 4.66. The molecule has 1 unspecified atom stereocenters. The van der Waals surface area contributed by atoms with Gasteiger partial charge in [-0.1, -0.05) is 12.1 Å². The maximum Gasteiger partial charge on any atom is 0.271 e. The molecule has 1 fully saturated rings. The minimum absolute atomic E-state index is 0. The van der Waals surface area contributed by atoms with Gasteiger partial charge in [0.05, 0.1) is 6.04 Å². The molecule has 7 heteroatoms. The predicted molar refractivity (Wildman–Crippen MR) is 93.1 cm³/mol. The van der Waals surface area contributed by atoms with Gasteiger partial charge in [0.1, 0.15) is 11.5 Å². The molecule has 2 N–H and O–H groups in total. The fraction of sp³-hybridized carbons (Fsp3) is 0.412. The second kappa shape index (κ2) is 8.80. The Morgan fingerprint density at radius 1 is 1.42 bits per heavy atom. The van der Waals surface area contributed by atoms with Crippen LogP contribution in [-0.4, -0.2) is 35.3 Å². The summed E-state index contributed by atoms with van der Waals surface area (Å²) in [6, 6.07) is 8.47. The lowest BCUT2D eigenvalue weighted by Gasteiger charge is -2.22. The Bertz CT molecular complexity index is 670. The number of amides is 1. The first-order valence-corrected chi connectivity index (χ1v) is 8.01. The zero-order valence-corrected chi connectivity index (χ0v) is 14.2. The number of hydrogen-bond acceptors (Lipinski definition) is 3. The molecule has 1 atom stereocenters. The number of piperidine rings is 1. The number of benzene rings is 1. The molecule has 1 aliphatic rings. The number of carbonyl (C=O) groups is 1. The second-order valence-corrected chi connectivity index (χ2v) is 5.82. The monoisotopic (exact) mass is 352 g/mol. The van der Waals surface area contributed by atoms with E-state index in [1.54, 1.807) is 12.1 Å². The van der Waals surface area contributed by atoms with E-state index in [1.807, 2.05) is 16.9 Å². The third-order valence-corrected chi connectivity index (χ3v) is 4.07. The molecule has 1 aliphatic heterocycles. The number of nitrogens with one attached hydrogen (secondary N) is 2. The molecule has 130 valence electrons. The van der Waals surface area contributed by atoms with Gasteiger partial charge in [0.2, 0.25) is 0 Å². The highest BCUT2D eigenvalue weighted by atomic mass is 35.5. The molecule has 2 aromatic rings. The van der Waals surface area contributed by atoms with Crippen molar-refractivity contribution in [3.05, 3.63) is 53.6 Å². The van der Waals surface area contributed by atoms with Crippen LogP contribution in [0.2, 0.25) is 0 Å². The van der Waals surface area contributed by atoms with E-state index in [1.165, 1.54) is 12.1 Å². The molecule has 2 heterocycles. The molecule has 3 rings (SSSR count). The van der Waals surface area contributed by atoms with Crippen molar-refractivity contribution in [1.29, 1.82) is 0 Å². The largest absolute Gasteiger partial charge is 0.350 e. The van der Waals surface area contributed by atoms with Gasteiger partial charge in [-0.3, -0.25) is 9.48 Å². The first kappa shape index (κ1) is 18.4. The number of hydrogen-bond donors (Lipinski definition) is 2. The van der Waals surface area contributed by atoms with Gasteiger partial charge >= 0.3 is 0 Å². The van der Waals surface area contributed by atoms with Crippen LogP contribution in [0, 0.1) is 5.82 Å². The highest BCUT2D eigenvalue weighted by Crippen LogP contribution is 2.15. The lowest BCUT2D eigenvalue weighted by molar-refractivity contribution is 0.0948. The fourth-order valence-electron chi connectivity index (χ4n) is 2.83. The lowest BCUT2D eigenvalue weighted by Crippen LogP contribution is -2.32. The smallest absolute Gasteiger partial charge is 0.271 e. The Kier molecular flexibility index (Phi) is 6.75. The van der Waals surface area contributed by atoms with Crippen molar-refractivity contribution in [3.8, 4) is 0 Å². The third-order valence-electron chi connectivity index (χ3n) is 4.07. The molecule has 5 nitrogen and oxygen atoms in total. The average Bonchev–Trinajstić information content (AvgIpc) is 3.06. The Morgan fingerprint density at radius 2 is 2.29 bits per heavy atom. The molecule has 1 aromatic carbocycles. The highest BCUT2D eigenvalue weighted by molar-refractivity contribution is 5.92. The quantitative estimate of drug-likeness (QED) is 0.868. The summed E-state index contributed by atoms with van der Waals surface area (Å²) in [6.45, 7) is 2.40. The standard InChI is InChI=1S/C17H21FN4O.ClH/c18-14-4-1-3-13(11-14)6-9-20-17(23)16-7-10-22(21-16)15-5-2-8-19-12-15;/h1,3-4,7,10-11,15,19H,2,5-6,8-9,12H2,(H,20,23);1H. The van der Waals surface area contributed by atoms with E-state index >= 15 is 0 Å². The normalized spacial score (nSPS) is 17.1. The summed E-state index contributed by atoms with van der Waals surface area (Å²) < 4.78 is 15.0. The maximum atomic E-state index is 13.1. The maximum absolute atomic E-state index is 13.1. The van der Waals surface area contributed by atoms with Crippen LogP contribution in [0.1, 0.15) is 34.9 Å². The molecular formula is C17H22ClFN4O. The van der Waals surface area contributed by atoms with Gasteiger partial charge in [0, 0.05) is 19.3 Å². The number of halogens is 2. The zero-order valence-electron chi connectivity index (χ0n) is 13.4. The summed E-state index contributed by atoms with van der Waals surface area (Å²) in [5.74, 6) is -0.447. The van der Waals surface area contributed by atoms with E-state index in [4.69, 9.17) is 0 Å². The van der Waals surface area contributed by atoms with E-state index in [-0.39, 0.29) is 24.1 Å². The molecule has 0 radical (unpaired) electrons. The van der Waals surface area contributed by atoms with Crippen LogP contribution in [0.15, 0.2) is 36.5 Å². The van der Waals surface area contributed by atoms with Crippen LogP contribution in [0.5, 0.6) is 0 Å². The molecule has 0 bridgehead atoms. The van der Waals surface area contributed by atoms with Crippen molar-refractivity contribution in [3.63, 3.8) is 0 Å². The van der Waals surface area contributed by atoms with Gasteiger partial charge in [-0.2, -0.15) is 5.10 Å². The summed E-state index contributed by atoms with van der Waals surface area (Å²) in [5, 5.41) is 10.5. The minimum Gasteiger partial charge on any atom is -0.350 e. The molecule has 0 aliphatic carbocycles. The third kappa shape index (κ3) is 4.79. The van der Waals surface area contributed by atoms with E-state index in [0.717, 1.165) is 31.5 Å². The van der Waals surface area contributed by atoms with Gasteiger partial charge in [-0.25, -0.2) is 4.39 Å². The van der Waals surface area contributed by atoms with Crippen molar-refractivity contribution in [2.45, 2.75) is 25.3 Å². The van der Waals surface area contributed by atoms with E-state index in [9.17, 15) is 9.18 Å². The van der Waals surface area contributed by atoms with Crippen LogP contribution >= 0.6 is 12.4 Å². The van der Waals surface area contributed by atoms with E-state index in [2.05, 4.69) is 15.7 Å². The first-order valence-electron chi connectivity index (χ1n) is 8.01. The van der Waals surface area contributed by atoms with Crippen LogP contribution in [0.4, 0.5) is 4.39 Å².